The third kappa shape index (κ3) is 3.34. The van der Waals surface area contributed by atoms with Crippen LogP contribution in [-0.2, 0) is 0 Å². The van der Waals surface area contributed by atoms with E-state index in [0.29, 0.717) is 11.4 Å². The zero-order valence-corrected chi connectivity index (χ0v) is 10.5. The molecule has 3 N–H and O–H groups in total. The van der Waals surface area contributed by atoms with Crippen molar-refractivity contribution in [3.8, 4) is 0 Å². The van der Waals surface area contributed by atoms with Crippen LogP contribution in [0.15, 0.2) is 18.2 Å². The number of alkyl halides is 2. The Morgan fingerprint density at radius 2 is 2.00 bits per heavy atom. The molecule has 0 spiro atoms. The van der Waals surface area contributed by atoms with Gasteiger partial charge in [0.1, 0.15) is 0 Å². The summed E-state index contributed by atoms with van der Waals surface area (Å²) in [6.45, 7) is 0.758. The molecule has 0 saturated heterocycles. The highest BCUT2D eigenvalue weighted by Crippen LogP contribution is 2.30. The highest BCUT2D eigenvalue weighted by atomic mass is 19.3. The number of rotatable bonds is 5. The Bertz CT molecular complexity index is 387. The fourth-order valence-electron chi connectivity index (χ4n) is 2.63. The van der Waals surface area contributed by atoms with Crippen LogP contribution in [0.1, 0.15) is 44.1 Å². The van der Waals surface area contributed by atoms with Gasteiger partial charge in [-0.3, -0.25) is 0 Å². The maximum atomic E-state index is 12.8. The van der Waals surface area contributed by atoms with Gasteiger partial charge in [-0.15, -0.1) is 0 Å². The molecule has 100 valence electrons. The Kier molecular flexibility index (Phi) is 4.39. The standard InChI is InChI=1S/C14H20F2N2/c15-14(16)12-9-11(17)5-6-13(12)18-8-7-10-3-1-2-4-10/h5-6,9-10,14,18H,1-4,7-8,17H2. The minimum absolute atomic E-state index is 0.00132. The highest BCUT2D eigenvalue weighted by molar-refractivity contribution is 5.58. The largest absolute Gasteiger partial charge is 0.399 e. The predicted octanol–water partition coefficient (Wildman–Crippen LogP) is 4.20. The van der Waals surface area contributed by atoms with Gasteiger partial charge in [-0.2, -0.15) is 0 Å². The Balaban J connectivity index is 1.91. The van der Waals surface area contributed by atoms with Gasteiger partial charge in [0.2, 0.25) is 0 Å². The number of anilines is 2. The summed E-state index contributed by atoms with van der Waals surface area (Å²) in [6, 6.07) is 4.65. The summed E-state index contributed by atoms with van der Waals surface area (Å²) in [7, 11) is 0. The average Bonchev–Trinajstić information content (AvgIpc) is 2.84. The van der Waals surface area contributed by atoms with Crippen molar-refractivity contribution in [2.75, 3.05) is 17.6 Å². The SMILES string of the molecule is Nc1ccc(NCCC2CCCC2)c(C(F)F)c1. The van der Waals surface area contributed by atoms with E-state index in [0.717, 1.165) is 18.9 Å². The molecule has 1 aliphatic carbocycles. The van der Waals surface area contributed by atoms with Crippen LogP contribution < -0.4 is 11.1 Å². The molecule has 1 fully saturated rings. The van der Waals surface area contributed by atoms with Crippen molar-refractivity contribution < 1.29 is 8.78 Å². The summed E-state index contributed by atoms with van der Waals surface area (Å²) in [5, 5.41) is 3.11. The minimum atomic E-state index is -2.48. The zero-order valence-electron chi connectivity index (χ0n) is 10.5. The third-order valence-corrected chi connectivity index (χ3v) is 3.65. The minimum Gasteiger partial charge on any atom is -0.399 e. The monoisotopic (exact) mass is 254 g/mol. The number of hydrogen-bond acceptors (Lipinski definition) is 2. The van der Waals surface area contributed by atoms with Crippen LogP contribution >= 0.6 is 0 Å². The van der Waals surface area contributed by atoms with Crippen LogP contribution in [0.3, 0.4) is 0 Å². The lowest BCUT2D eigenvalue weighted by Crippen LogP contribution is -2.08. The molecule has 0 aliphatic heterocycles. The molecule has 2 rings (SSSR count). The lowest BCUT2D eigenvalue weighted by atomic mass is 10.0. The van der Waals surface area contributed by atoms with E-state index < -0.39 is 6.43 Å². The lowest BCUT2D eigenvalue weighted by molar-refractivity contribution is 0.152. The molecule has 0 unspecified atom stereocenters. The molecular weight excluding hydrogens is 234 g/mol. The van der Waals surface area contributed by atoms with Crippen molar-refractivity contribution in [2.24, 2.45) is 5.92 Å². The number of nitrogens with two attached hydrogens (primary N) is 1. The van der Waals surface area contributed by atoms with E-state index in [9.17, 15) is 8.78 Å². The van der Waals surface area contributed by atoms with Gasteiger partial charge in [0.15, 0.2) is 0 Å². The first-order valence-corrected chi connectivity index (χ1v) is 6.58. The van der Waals surface area contributed by atoms with Crippen molar-refractivity contribution in [1.82, 2.24) is 0 Å². The number of halogens is 2. The van der Waals surface area contributed by atoms with Crippen LogP contribution in [0.25, 0.3) is 0 Å². The maximum absolute atomic E-state index is 12.8. The third-order valence-electron chi connectivity index (χ3n) is 3.65. The van der Waals surface area contributed by atoms with Crippen molar-refractivity contribution in [1.29, 1.82) is 0 Å². The fraction of sp³-hybridized carbons (Fsp3) is 0.571. The molecule has 1 saturated carbocycles. The van der Waals surface area contributed by atoms with Gasteiger partial charge < -0.3 is 11.1 Å². The number of hydrogen-bond donors (Lipinski definition) is 2. The first-order chi connectivity index (χ1) is 8.66. The highest BCUT2D eigenvalue weighted by Gasteiger charge is 2.16. The summed E-state index contributed by atoms with van der Waals surface area (Å²) < 4.78 is 25.7. The Morgan fingerprint density at radius 1 is 1.28 bits per heavy atom. The summed E-state index contributed by atoms with van der Waals surface area (Å²) in [4.78, 5) is 0. The average molecular weight is 254 g/mol. The molecule has 1 aliphatic rings. The van der Waals surface area contributed by atoms with E-state index in [2.05, 4.69) is 5.32 Å². The number of nitrogens with one attached hydrogen (secondary N) is 1. The van der Waals surface area contributed by atoms with Gasteiger partial charge in [-0.25, -0.2) is 8.78 Å². The van der Waals surface area contributed by atoms with Crippen LogP contribution in [0.5, 0.6) is 0 Å². The molecule has 0 atom stereocenters. The van der Waals surface area contributed by atoms with Crippen molar-refractivity contribution in [3.63, 3.8) is 0 Å². The van der Waals surface area contributed by atoms with E-state index in [1.807, 2.05) is 0 Å². The zero-order chi connectivity index (χ0) is 13.0. The Hall–Kier alpha value is -1.32. The first kappa shape index (κ1) is 13.1. The van der Waals surface area contributed by atoms with E-state index in [-0.39, 0.29) is 5.56 Å². The van der Waals surface area contributed by atoms with Gasteiger partial charge in [-0.05, 0) is 30.5 Å². The first-order valence-electron chi connectivity index (χ1n) is 6.58. The molecule has 0 aromatic heterocycles. The Morgan fingerprint density at radius 3 is 2.67 bits per heavy atom. The molecule has 1 aromatic carbocycles. The number of nitrogen functional groups attached to an aromatic ring is 1. The van der Waals surface area contributed by atoms with E-state index in [4.69, 9.17) is 5.73 Å². The van der Waals surface area contributed by atoms with Gasteiger partial charge >= 0.3 is 0 Å². The summed E-state index contributed by atoms with van der Waals surface area (Å²) in [5.74, 6) is 0.765. The molecule has 4 heteroatoms. The van der Waals surface area contributed by atoms with Gasteiger partial charge in [-0.1, -0.05) is 25.7 Å². The second-order valence-electron chi connectivity index (χ2n) is 5.01. The molecule has 1 aromatic rings. The van der Waals surface area contributed by atoms with Crippen molar-refractivity contribution in [3.05, 3.63) is 23.8 Å². The lowest BCUT2D eigenvalue weighted by Gasteiger charge is -2.14. The fourth-order valence-corrected chi connectivity index (χ4v) is 2.63. The normalized spacial score (nSPS) is 16.4. The second-order valence-corrected chi connectivity index (χ2v) is 5.01. The molecule has 0 radical (unpaired) electrons. The molecule has 0 amide bonds. The molecular formula is C14H20F2N2. The summed E-state index contributed by atoms with van der Waals surface area (Å²) >= 11 is 0. The van der Waals surface area contributed by atoms with E-state index in [1.165, 1.54) is 31.7 Å². The van der Waals surface area contributed by atoms with E-state index in [1.54, 1.807) is 12.1 Å². The predicted molar refractivity (Wildman–Crippen MR) is 70.9 cm³/mol. The molecule has 0 bridgehead atoms. The van der Waals surface area contributed by atoms with Gasteiger partial charge in [0, 0.05) is 23.5 Å². The second kappa shape index (κ2) is 6.03. The quantitative estimate of drug-likeness (QED) is 0.773. The molecule has 0 heterocycles. The van der Waals surface area contributed by atoms with Crippen LogP contribution in [-0.4, -0.2) is 6.54 Å². The molecule has 2 nitrogen and oxygen atoms in total. The number of benzene rings is 1. The van der Waals surface area contributed by atoms with Gasteiger partial charge in [0.25, 0.3) is 6.43 Å². The van der Waals surface area contributed by atoms with Crippen molar-refractivity contribution >= 4 is 11.4 Å². The van der Waals surface area contributed by atoms with E-state index >= 15 is 0 Å². The Labute approximate surface area is 107 Å². The van der Waals surface area contributed by atoms with Crippen LogP contribution in [0.4, 0.5) is 20.2 Å². The smallest absolute Gasteiger partial charge is 0.265 e. The van der Waals surface area contributed by atoms with Crippen LogP contribution in [0.2, 0.25) is 0 Å². The summed E-state index contributed by atoms with van der Waals surface area (Å²) in [6.07, 6.45) is 3.77. The molecule has 18 heavy (non-hydrogen) atoms. The van der Waals surface area contributed by atoms with Gasteiger partial charge in [0.05, 0.1) is 0 Å². The van der Waals surface area contributed by atoms with Crippen molar-refractivity contribution in [2.45, 2.75) is 38.5 Å². The van der Waals surface area contributed by atoms with Crippen LogP contribution in [0, 0.1) is 5.92 Å². The maximum Gasteiger partial charge on any atom is 0.265 e. The topological polar surface area (TPSA) is 38.0 Å². The summed E-state index contributed by atoms with van der Waals surface area (Å²) in [5.41, 5.74) is 6.43.